The summed E-state index contributed by atoms with van der Waals surface area (Å²) in [7, 11) is 3.51. The van der Waals surface area contributed by atoms with Gasteiger partial charge in [0.15, 0.2) is 5.78 Å². The third-order valence-corrected chi connectivity index (χ3v) is 8.73. The van der Waals surface area contributed by atoms with Gasteiger partial charge in [-0.15, -0.1) is 11.8 Å². The highest BCUT2D eigenvalue weighted by molar-refractivity contribution is 8.00. The topological polar surface area (TPSA) is 76.3 Å². The van der Waals surface area contributed by atoms with Gasteiger partial charge in [-0.1, -0.05) is 37.0 Å². The number of nitrogens with one attached hydrogen (secondary N) is 1. The first-order valence-electron chi connectivity index (χ1n) is 12.3. The molecule has 2 heterocycles. The van der Waals surface area contributed by atoms with Crippen LogP contribution in [0.4, 0.5) is 11.4 Å². The van der Waals surface area contributed by atoms with E-state index in [-0.39, 0.29) is 23.9 Å². The molecule has 1 saturated heterocycles. The molecule has 8 heteroatoms. The van der Waals surface area contributed by atoms with Crippen LogP contribution >= 0.6 is 11.8 Å². The molecule has 0 bridgehead atoms. The fourth-order valence-corrected chi connectivity index (χ4v) is 6.51. The second kappa shape index (κ2) is 9.57. The number of carbonyl (C=O) groups excluding carboxylic acids is 2. The maximum absolute atomic E-state index is 13.4. The fraction of sp³-hybridized carbons (Fsp3) is 0.444. The Balaban J connectivity index is 1.42. The summed E-state index contributed by atoms with van der Waals surface area (Å²) in [5.41, 5.74) is 4.30. The molecule has 5 rings (SSSR count). The number of nitrogens with zero attached hydrogens (tertiary/aromatic N) is 3. The first-order valence-corrected chi connectivity index (χ1v) is 13.2. The molecule has 1 amide bonds. The minimum atomic E-state index is -0.723. The van der Waals surface area contributed by atoms with Crippen LogP contribution in [0.5, 0.6) is 0 Å². The molecule has 1 saturated carbocycles. The molecule has 0 spiro atoms. The van der Waals surface area contributed by atoms with Gasteiger partial charge in [-0.05, 0) is 44.0 Å². The third-order valence-electron chi connectivity index (χ3n) is 7.33. The van der Waals surface area contributed by atoms with Gasteiger partial charge in [0.25, 0.3) is 0 Å². The molecule has 3 aromatic rings. The van der Waals surface area contributed by atoms with Crippen molar-refractivity contribution in [3.63, 3.8) is 0 Å². The Morgan fingerprint density at radius 3 is 2.31 bits per heavy atom. The van der Waals surface area contributed by atoms with Crippen molar-refractivity contribution in [1.82, 2.24) is 9.13 Å². The molecule has 7 nitrogen and oxygen atoms in total. The number of hydrogen-bond acceptors (Lipinski definition) is 5. The lowest BCUT2D eigenvalue weighted by Gasteiger charge is -2.23. The van der Waals surface area contributed by atoms with Gasteiger partial charge in [0.2, 0.25) is 5.91 Å². The van der Waals surface area contributed by atoms with Gasteiger partial charge < -0.3 is 10.2 Å². The Morgan fingerprint density at radius 1 is 0.971 bits per heavy atom. The van der Waals surface area contributed by atoms with Gasteiger partial charge >= 0.3 is 5.69 Å². The summed E-state index contributed by atoms with van der Waals surface area (Å²) in [5, 5.41) is 3.56. The van der Waals surface area contributed by atoms with Crippen LogP contribution < -0.4 is 15.9 Å². The molecule has 1 N–H and O–H groups in total. The van der Waals surface area contributed by atoms with Crippen LogP contribution in [0.1, 0.15) is 37.7 Å². The molecule has 1 aliphatic carbocycles. The van der Waals surface area contributed by atoms with Crippen LogP contribution in [0.25, 0.3) is 11.0 Å². The van der Waals surface area contributed by atoms with Gasteiger partial charge in [-0.25, -0.2) is 4.79 Å². The zero-order valence-corrected chi connectivity index (χ0v) is 21.4. The van der Waals surface area contributed by atoms with Crippen molar-refractivity contribution >= 4 is 45.9 Å². The fourth-order valence-electron chi connectivity index (χ4n) is 5.17. The summed E-state index contributed by atoms with van der Waals surface area (Å²) < 4.78 is 3.24. The average Bonchev–Trinajstić information content (AvgIpc) is 3.34. The van der Waals surface area contributed by atoms with Gasteiger partial charge in [-0.3, -0.25) is 18.7 Å². The van der Waals surface area contributed by atoms with Crippen LogP contribution in [-0.2, 0) is 23.7 Å². The van der Waals surface area contributed by atoms with E-state index in [1.165, 1.54) is 19.3 Å². The number of anilines is 2. The molecule has 2 aromatic carbocycles. The zero-order valence-electron chi connectivity index (χ0n) is 20.5. The van der Waals surface area contributed by atoms with Gasteiger partial charge in [0.1, 0.15) is 5.92 Å². The van der Waals surface area contributed by atoms with Crippen LogP contribution in [0.15, 0.2) is 46.1 Å². The van der Waals surface area contributed by atoms with E-state index in [0.717, 1.165) is 40.0 Å². The Hall–Kier alpha value is -3.00. The highest BCUT2D eigenvalue weighted by Gasteiger charge is 2.36. The Bertz CT molecular complexity index is 1340. The molecule has 2 aliphatic rings. The molecule has 184 valence electrons. The zero-order chi connectivity index (χ0) is 24.7. The lowest BCUT2D eigenvalue weighted by Crippen LogP contribution is -2.29. The summed E-state index contributed by atoms with van der Waals surface area (Å²) in [4.78, 5) is 41.6. The Morgan fingerprint density at radius 2 is 1.63 bits per heavy atom. The van der Waals surface area contributed by atoms with Crippen molar-refractivity contribution < 1.29 is 9.59 Å². The number of carbonyl (C=O) groups is 2. The van der Waals surface area contributed by atoms with Crippen LogP contribution in [0.3, 0.4) is 0 Å². The molecule has 0 radical (unpaired) electrons. The highest BCUT2D eigenvalue weighted by atomic mass is 32.2. The number of thioether (sulfide) groups is 1. The number of imidazole rings is 1. The maximum Gasteiger partial charge on any atom is 0.328 e. The van der Waals surface area contributed by atoms with Crippen molar-refractivity contribution in [2.75, 3.05) is 23.3 Å². The molecule has 1 unspecified atom stereocenters. The number of aryl methyl sites for hydroxylation is 3. The minimum Gasteiger partial charge on any atom is -0.363 e. The van der Waals surface area contributed by atoms with E-state index in [1.54, 1.807) is 35.0 Å². The summed E-state index contributed by atoms with van der Waals surface area (Å²) in [6.45, 7) is 2.62. The van der Waals surface area contributed by atoms with E-state index < -0.39 is 5.92 Å². The molecule has 2 fully saturated rings. The Kier molecular flexibility index (Phi) is 6.49. The first kappa shape index (κ1) is 23.7. The van der Waals surface area contributed by atoms with E-state index in [0.29, 0.717) is 17.5 Å². The summed E-state index contributed by atoms with van der Waals surface area (Å²) in [6.07, 6.45) is 6.01. The monoisotopic (exact) mass is 492 g/mol. The van der Waals surface area contributed by atoms with E-state index in [1.807, 2.05) is 48.2 Å². The van der Waals surface area contributed by atoms with Crippen LogP contribution in [-0.4, -0.2) is 39.2 Å². The van der Waals surface area contributed by atoms with Crippen molar-refractivity contribution in [1.29, 1.82) is 0 Å². The Labute approximate surface area is 209 Å². The molecular weight excluding hydrogens is 460 g/mol. The van der Waals surface area contributed by atoms with Gasteiger partial charge in [0, 0.05) is 36.5 Å². The summed E-state index contributed by atoms with van der Waals surface area (Å²) in [6, 6.07) is 11.9. The second-order valence-electron chi connectivity index (χ2n) is 9.84. The molecule has 1 aliphatic heterocycles. The van der Waals surface area contributed by atoms with Crippen LogP contribution in [0, 0.1) is 12.8 Å². The van der Waals surface area contributed by atoms with Crippen molar-refractivity contribution in [3.05, 3.63) is 52.4 Å². The number of amides is 1. The predicted octanol–water partition coefficient (Wildman–Crippen LogP) is 4.25. The number of rotatable bonds is 5. The lowest BCUT2D eigenvalue weighted by atomic mass is 10.0. The van der Waals surface area contributed by atoms with E-state index in [2.05, 4.69) is 5.32 Å². The number of fused-ring (bicyclic) bond motifs is 1. The van der Waals surface area contributed by atoms with Crippen molar-refractivity contribution in [3.8, 4) is 0 Å². The average molecular weight is 493 g/mol. The van der Waals surface area contributed by atoms with Gasteiger partial charge in [0.05, 0.1) is 23.3 Å². The quantitative estimate of drug-likeness (QED) is 0.539. The minimum absolute atomic E-state index is 0.0715. The first-order chi connectivity index (χ1) is 16.8. The summed E-state index contributed by atoms with van der Waals surface area (Å²) in [5.74, 6) is -1.08. The van der Waals surface area contributed by atoms with E-state index >= 15 is 0 Å². The lowest BCUT2D eigenvalue weighted by molar-refractivity contribution is -0.128. The van der Waals surface area contributed by atoms with Crippen molar-refractivity contribution in [2.45, 2.75) is 49.2 Å². The predicted molar refractivity (Wildman–Crippen MR) is 141 cm³/mol. The maximum atomic E-state index is 13.4. The van der Waals surface area contributed by atoms with E-state index in [9.17, 15) is 14.4 Å². The molecule has 1 atom stereocenters. The highest BCUT2D eigenvalue weighted by Crippen LogP contribution is 2.39. The number of hydrogen-bond donors (Lipinski definition) is 1. The standard InChI is InChI=1S/C27H32N4O3S/c1-17-9-11-18(12-10-17)31-15-20(24(32)16-31)26(33)28-21-13-22-23(30(3)27(34)29(22)2)14-25(21)35-19-7-5-4-6-8-19/h9-14,19-20H,4-8,15-16H2,1-3H3,(H,28,33). The number of aromatic nitrogens is 2. The number of ketones is 1. The van der Waals surface area contributed by atoms with Gasteiger partial charge in [-0.2, -0.15) is 0 Å². The summed E-state index contributed by atoms with van der Waals surface area (Å²) >= 11 is 1.78. The SMILES string of the molecule is Cc1ccc(N2CC(=O)C(C(=O)Nc3cc4c(cc3SC3CCCCC3)n(C)c(=O)n4C)C2)cc1. The smallest absolute Gasteiger partial charge is 0.328 e. The molecule has 1 aromatic heterocycles. The number of Topliss-reactive ketones (excluding diaryl/α,β-unsaturated/α-hetero) is 1. The molecule has 35 heavy (non-hydrogen) atoms. The van der Waals surface area contributed by atoms with E-state index in [4.69, 9.17) is 0 Å². The molecular formula is C27H32N4O3S. The largest absolute Gasteiger partial charge is 0.363 e. The van der Waals surface area contributed by atoms with Crippen molar-refractivity contribution in [2.24, 2.45) is 20.0 Å². The third kappa shape index (κ3) is 4.63. The van der Waals surface area contributed by atoms with Crippen LogP contribution in [0.2, 0.25) is 0 Å². The number of benzene rings is 2. The normalized spacial score (nSPS) is 19.0. The second-order valence-corrected chi connectivity index (χ2v) is 11.2.